The molecule has 0 radical (unpaired) electrons. The SMILES string of the molecule is CCc1cc(NC(=O)CNC2CCCC2)n[nH]1. The van der Waals surface area contributed by atoms with Crippen LogP contribution in [0, 0.1) is 0 Å². The summed E-state index contributed by atoms with van der Waals surface area (Å²) in [4.78, 5) is 11.6. The molecule has 1 aromatic heterocycles. The summed E-state index contributed by atoms with van der Waals surface area (Å²) in [5, 5.41) is 12.9. The van der Waals surface area contributed by atoms with Crippen molar-refractivity contribution in [2.75, 3.05) is 11.9 Å². The van der Waals surface area contributed by atoms with Gasteiger partial charge in [-0.25, -0.2) is 0 Å². The molecule has 0 saturated heterocycles. The number of amides is 1. The normalized spacial score (nSPS) is 16.3. The van der Waals surface area contributed by atoms with Gasteiger partial charge in [0.1, 0.15) is 0 Å². The quantitative estimate of drug-likeness (QED) is 0.724. The lowest BCUT2D eigenvalue weighted by molar-refractivity contribution is -0.115. The Labute approximate surface area is 101 Å². The second-order valence-corrected chi connectivity index (χ2v) is 4.54. The molecule has 1 aromatic rings. The van der Waals surface area contributed by atoms with Gasteiger partial charge in [0, 0.05) is 17.8 Å². The summed E-state index contributed by atoms with van der Waals surface area (Å²) in [6.45, 7) is 2.42. The molecule has 0 aromatic carbocycles. The van der Waals surface area contributed by atoms with Crippen LogP contribution in [0.15, 0.2) is 6.07 Å². The van der Waals surface area contributed by atoms with Crippen LogP contribution < -0.4 is 10.6 Å². The zero-order valence-corrected chi connectivity index (χ0v) is 10.3. The molecule has 0 atom stereocenters. The van der Waals surface area contributed by atoms with Crippen LogP contribution in [0.3, 0.4) is 0 Å². The first-order chi connectivity index (χ1) is 8.28. The van der Waals surface area contributed by atoms with E-state index in [0.29, 0.717) is 18.4 Å². The molecule has 0 aliphatic heterocycles. The molecule has 0 unspecified atom stereocenters. The summed E-state index contributed by atoms with van der Waals surface area (Å²) < 4.78 is 0. The topological polar surface area (TPSA) is 69.8 Å². The van der Waals surface area contributed by atoms with Gasteiger partial charge in [0.15, 0.2) is 5.82 Å². The number of rotatable bonds is 5. The highest BCUT2D eigenvalue weighted by atomic mass is 16.2. The zero-order valence-electron chi connectivity index (χ0n) is 10.3. The van der Waals surface area contributed by atoms with E-state index in [0.717, 1.165) is 12.1 Å². The standard InChI is InChI=1S/C12H20N4O/c1-2-9-7-11(16-15-9)14-12(17)8-13-10-5-3-4-6-10/h7,10,13H,2-6,8H2,1H3,(H2,14,15,16,17). The lowest BCUT2D eigenvalue weighted by atomic mass is 10.2. The van der Waals surface area contributed by atoms with Crippen LogP contribution in [0.5, 0.6) is 0 Å². The van der Waals surface area contributed by atoms with E-state index < -0.39 is 0 Å². The van der Waals surface area contributed by atoms with Crippen molar-refractivity contribution in [3.05, 3.63) is 11.8 Å². The third-order valence-corrected chi connectivity index (χ3v) is 3.19. The van der Waals surface area contributed by atoms with Gasteiger partial charge in [-0.15, -0.1) is 0 Å². The Balaban J connectivity index is 1.72. The van der Waals surface area contributed by atoms with Crippen LogP contribution >= 0.6 is 0 Å². The van der Waals surface area contributed by atoms with Crippen molar-refractivity contribution in [2.45, 2.75) is 45.1 Å². The van der Waals surface area contributed by atoms with Gasteiger partial charge in [0.2, 0.25) is 5.91 Å². The minimum atomic E-state index is -0.0222. The summed E-state index contributed by atoms with van der Waals surface area (Å²) >= 11 is 0. The summed E-state index contributed by atoms with van der Waals surface area (Å²) in [6, 6.07) is 2.39. The monoisotopic (exact) mass is 236 g/mol. The molecule has 0 bridgehead atoms. The Hall–Kier alpha value is -1.36. The summed E-state index contributed by atoms with van der Waals surface area (Å²) in [6.07, 6.45) is 5.82. The molecule has 5 heteroatoms. The number of aryl methyl sites for hydroxylation is 1. The number of aromatic amines is 1. The van der Waals surface area contributed by atoms with E-state index >= 15 is 0 Å². The van der Waals surface area contributed by atoms with Crippen LogP contribution in [0.2, 0.25) is 0 Å². The fourth-order valence-electron chi connectivity index (χ4n) is 2.16. The number of aromatic nitrogens is 2. The molecule has 3 N–H and O–H groups in total. The molecule has 1 heterocycles. The number of nitrogens with one attached hydrogen (secondary N) is 3. The second-order valence-electron chi connectivity index (χ2n) is 4.54. The highest BCUT2D eigenvalue weighted by Gasteiger charge is 2.15. The van der Waals surface area contributed by atoms with Crippen LogP contribution in [-0.2, 0) is 11.2 Å². The number of nitrogens with zero attached hydrogens (tertiary/aromatic N) is 1. The fourth-order valence-corrected chi connectivity index (χ4v) is 2.16. The van der Waals surface area contributed by atoms with Gasteiger partial charge in [0.05, 0.1) is 6.54 Å². The van der Waals surface area contributed by atoms with E-state index in [9.17, 15) is 4.79 Å². The Morgan fingerprint density at radius 2 is 2.29 bits per heavy atom. The number of hydrogen-bond acceptors (Lipinski definition) is 3. The molecule has 5 nitrogen and oxygen atoms in total. The average Bonchev–Trinajstić information content (AvgIpc) is 2.97. The maximum Gasteiger partial charge on any atom is 0.239 e. The van der Waals surface area contributed by atoms with E-state index in [1.54, 1.807) is 0 Å². The molecule has 2 rings (SSSR count). The van der Waals surface area contributed by atoms with Crippen LogP contribution in [-0.4, -0.2) is 28.7 Å². The first-order valence-electron chi connectivity index (χ1n) is 6.35. The molecular formula is C12H20N4O. The van der Waals surface area contributed by atoms with Crippen LogP contribution in [0.25, 0.3) is 0 Å². The first kappa shape index (κ1) is 12.1. The molecule has 1 amide bonds. The van der Waals surface area contributed by atoms with Gasteiger partial charge in [-0.3, -0.25) is 9.89 Å². The Morgan fingerprint density at radius 3 is 2.94 bits per heavy atom. The highest BCUT2D eigenvalue weighted by molar-refractivity contribution is 5.91. The van der Waals surface area contributed by atoms with Gasteiger partial charge in [-0.2, -0.15) is 5.10 Å². The molecule has 1 aliphatic rings. The van der Waals surface area contributed by atoms with Gasteiger partial charge < -0.3 is 10.6 Å². The Morgan fingerprint density at radius 1 is 1.53 bits per heavy atom. The second kappa shape index (κ2) is 5.82. The average molecular weight is 236 g/mol. The summed E-state index contributed by atoms with van der Waals surface area (Å²) in [5.74, 6) is 0.589. The maximum atomic E-state index is 11.6. The van der Waals surface area contributed by atoms with E-state index in [-0.39, 0.29) is 5.91 Å². The third-order valence-electron chi connectivity index (χ3n) is 3.19. The Bertz CT molecular complexity index is 368. The minimum Gasteiger partial charge on any atom is -0.308 e. The smallest absolute Gasteiger partial charge is 0.239 e. The molecule has 1 aliphatic carbocycles. The van der Waals surface area contributed by atoms with E-state index in [1.807, 2.05) is 13.0 Å². The summed E-state index contributed by atoms with van der Waals surface area (Å²) in [7, 11) is 0. The molecule has 1 saturated carbocycles. The molecule has 0 spiro atoms. The van der Waals surface area contributed by atoms with Gasteiger partial charge in [0.25, 0.3) is 0 Å². The van der Waals surface area contributed by atoms with Crippen molar-refractivity contribution in [3.63, 3.8) is 0 Å². The van der Waals surface area contributed by atoms with Crippen molar-refractivity contribution in [3.8, 4) is 0 Å². The predicted octanol–water partition coefficient (Wildman–Crippen LogP) is 1.44. The number of hydrogen-bond donors (Lipinski definition) is 3. The van der Waals surface area contributed by atoms with Crippen molar-refractivity contribution in [1.82, 2.24) is 15.5 Å². The van der Waals surface area contributed by atoms with Gasteiger partial charge in [-0.05, 0) is 19.3 Å². The van der Waals surface area contributed by atoms with Gasteiger partial charge >= 0.3 is 0 Å². The minimum absolute atomic E-state index is 0.0222. The van der Waals surface area contributed by atoms with E-state index in [2.05, 4.69) is 20.8 Å². The Kier molecular flexibility index (Phi) is 4.14. The van der Waals surface area contributed by atoms with E-state index in [4.69, 9.17) is 0 Å². The zero-order chi connectivity index (χ0) is 12.1. The number of carbonyl (C=O) groups is 1. The molecule has 17 heavy (non-hydrogen) atoms. The predicted molar refractivity (Wildman–Crippen MR) is 66.9 cm³/mol. The fraction of sp³-hybridized carbons (Fsp3) is 0.667. The first-order valence-corrected chi connectivity index (χ1v) is 6.35. The van der Waals surface area contributed by atoms with Crippen LogP contribution in [0.1, 0.15) is 38.3 Å². The van der Waals surface area contributed by atoms with Crippen molar-refractivity contribution in [1.29, 1.82) is 0 Å². The molecular weight excluding hydrogens is 216 g/mol. The summed E-state index contributed by atoms with van der Waals surface area (Å²) in [5.41, 5.74) is 1.03. The largest absolute Gasteiger partial charge is 0.308 e. The number of carbonyl (C=O) groups excluding carboxylic acids is 1. The lowest BCUT2D eigenvalue weighted by Gasteiger charge is -2.10. The van der Waals surface area contributed by atoms with Crippen molar-refractivity contribution in [2.24, 2.45) is 0 Å². The third kappa shape index (κ3) is 3.56. The van der Waals surface area contributed by atoms with Crippen LogP contribution in [0.4, 0.5) is 5.82 Å². The molecule has 1 fully saturated rings. The number of H-pyrrole nitrogens is 1. The highest BCUT2D eigenvalue weighted by Crippen LogP contribution is 2.17. The van der Waals surface area contributed by atoms with Crippen molar-refractivity contribution < 1.29 is 4.79 Å². The number of anilines is 1. The van der Waals surface area contributed by atoms with E-state index in [1.165, 1.54) is 25.7 Å². The van der Waals surface area contributed by atoms with Crippen molar-refractivity contribution >= 4 is 11.7 Å². The maximum absolute atomic E-state index is 11.6. The molecule has 94 valence electrons. The van der Waals surface area contributed by atoms with Gasteiger partial charge in [-0.1, -0.05) is 19.8 Å². The lowest BCUT2D eigenvalue weighted by Crippen LogP contribution is -2.34.